The van der Waals surface area contributed by atoms with Crippen molar-refractivity contribution in [2.24, 2.45) is 0 Å². The number of hydrogen-bond acceptors (Lipinski definition) is 2. The van der Waals surface area contributed by atoms with Crippen LogP contribution >= 0.6 is 15.9 Å². The summed E-state index contributed by atoms with van der Waals surface area (Å²) < 4.78 is 38.8. The third kappa shape index (κ3) is 2.15. The number of aromatic amines is 1. The molecule has 0 aliphatic rings. The van der Waals surface area contributed by atoms with E-state index >= 15 is 0 Å². The summed E-state index contributed by atoms with van der Waals surface area (Å²) in [6.45, 7) is 0. The van der Waals surface area contributed by atoms with Crippen molar-refractivity contribution >= 4 is 38.4 Å². The van der Waals surface area contributed by atoms with Crippen molar-refractivity contribution in [3.8, 4) is 5.88 Å². The lowest BCUT2D eigenvalue weighted by Crippen LogP contribution is -2.28. The van der Waals surface area contributed by atoms with Gasteiger partial charge < -0.3 is 15.4 Å². The second kappa shape index (κ2) is 4.20. The monoisotopic (exact) mass is 322 g/mol. The highest BCUT2D eigenvalue weighted by Gasteiger charge is 2.36. The summed E-state index contributed by atoms with van der Waals surface area (Å²) in [5.41, 5.74) is -0.243. The molecule has 1 heterocycles. The van der Waals surface area contributed by atoms with E-state index in [1.165, 1.54) is 12.1 Å². The first-order chi connectivity index (χ1) is 8.30. The first-order valence-electron chi connectivity index (χ1n) is 4.68. The Morgan fingerprint density at radius 3 is 2.72 bits per heavy atom. The lowest BCUT2D eigenvalue weighted by atomic mass is 10.2. The molecular formula is C10H6BrF3N2O2. The van der Waals surface area contributed by atoms with Crippen LogP contribution in [0.1, 0.15) is 0 Å². The molecule has 18 heavy (non-hydrogen) atoms. The number of hydrogen-bond donors (Lipinski definition) is 3. The largest absolute Gasteiger partial charge is 0.493 e. The van der Waals surface area contributed by atoms with Gasteiger partial charge in [0, 0.05) is 15.9 Å². The molecule has 1 aromatic carbocycles. The van der Waals surface area contributed by atoms with E-state index in [1.54, 1.807) is 5.32 Å². The molecule has 0 aliphatic heterocycles. The number of carbonyl (C=O) groups excluding carboxylic acids is 1. The molecule has 1 aromatic heterocycles. The number of halogens is 4. The van der Waals surface area contributed by atoms with Crippen molar-refractivity contribution in [3.63, 3.8) is 0 Å². The van der Waals surface area contributed by atoms with Crippen molar-refractivity contribution in [2.45, 2.75) is 4.83 Å². The molecule has 2 aromatic rings. The number of benzene rings is 1. The summed E-state index contributed by atoms with van der Waals surface area (Å²) in [5, 5.41) is 11.1. The summed E-state index contributed by atoms with van der Waals surface area (Å²) in [5.74, 6) is -3.06. The van der Waals surface area contributed by atoms with Crippen molar-refractivity contribution in [1.82, 2.24) is 4.98 Å². The number of fused-ring (bicyclic) bond motifs is 1. The number of carbonyl (C=O) groups is 1. The number of H-pyrrole nitrogens is 1. The Bertz CT molecular complexity index is 621. The molecule has 0 radical (unpaired) electrons. The van der Waals surface area contributed by atoms with Crippen LogP contribution in [0.25, 0.3) is 10.9 Å². The van der Waals surface area contributed by atoms with Gasteiger partial charge >= 0.3 is 10.7 Å². The highest BCUT2D eigenvalue weighted by molar-refractivity contribution is 9.10. The van der Waals surface area contributed by atoms with Crippen molar-refractivity contribution in [2.75, 3.05) is 5.32 Å². The highest BCUT2D eigenvalue weighted by atomic mass is 79.9. The summed E-state index contributed by atoms with van der Waals surface area (Å²) in [6, 6.07) is 3.88. The van der Waals surface area contributed by atoms with E-state index in [9.17, 15) is 23.1 Å². The number of aromatic hydroxyl groups is 1. The Labute approximate surface area is 107 Å². The maximum Gasteiger partial charge on any atom is 0.378 e. The van der Waals surface area contributed by atoms with E-state index in [4.69, 9.17) is 0 Å². The van der Waals surface area contributed by atoms with Crippen LogP contribution in [-0.4, -0.2) is 20.8 Å². The minimum atomic E-state index is -3.81. The van der Waals surface area contributed by atoms with E-state index in [2.05, 4.69) is 4.98 Å². The maximum atomic E-state index is 13.5. The predicted molar refractivity (Wildman–Crippen MR) is 62.4 cm³/mol. The number of alkyl halides is 3. The Morgan fingerprint density at radius 1 is 1.44 bits per heavy atom. The van der Waals surface area contributed by atoms with Gasteiger partial charge in [0.05, 0.1) is 10.9 Å². The van der Waals surface area contributed by atoms with E-state index in [1.807, 2.05) is 15.9 Å². The fourth-order valence-electron chi connectivity index (χ4n) is 1.50. The highest BCUT2D eigenvalue weighted by Crippen LogP contribution is 2.35. The quantitative estimate of drug-likeness (QED) is 0.744. The number of rotatable bonds is 2. The Morgan fingerprint density at radius 2 is 2.11 bits per heavy atom. The molecule has 1 amide bonds. The van der Waals surface area contributed by atoms with Gasteiger partial charge in [-0.1, -0.05) is 6.07 Å². The molecule has 0 unspecified atom stereocenters. The second-order valence-electron chi connectivity index (χ2n) is 3.46. The van der Waals surface area contributed by atoms with Gasteiger partial charge in [0.1, 0.15) is 11.5 Å². The van der Waals surface area contributed by atoms with E-state index < -0.39 is 28.1 Å². The number of nitrogens with one attached hydrogen (secondary N) is 2. The molecule has 0 fully saturated rings. The van der Waals surface area contributed by atoms with Crippen LogP contribution in [-0.2, 0) is 4.79 Å². The molecule has 0 bridgehead atoms. The summed E-state index contributed by atoms with van der Waals surface area (Å²) in [6.07, 6.45) is 0. The third-order valence-corrected chi connectivity index (χ3v) is 2.61. The molecule has 0 spiro atoms. The van der Waals surface area contributed by atoms with Gasteiger partial charge in [0.15, 0.2) is 0 Å². The van der Waals surface area contributed by atoms with Gasteiger partial charge in [-0.05, 0) is 12.1 Å². The van der Waals surface area contributed by atoms with Gasteiger partial charge in [-0.25, -0.2) is 4.39 Å². The Hall–Kier alpha value is -1.70. The zero-order chi connectivity index (χ0) is 13.5. The summed E-state index contributed by atoms with van der Waals surface area (Å²) in [7, 11) is 0. The number of amides is 1. The van der Waals surface area contributed by atoms with Crippen LogP contribution in [0.3, 0.4) is 0 Å². The normalized spacial score (nSPS) is 11.8. The maximum absolute atomic E-state index is 13.5. The molecular weight excluding hydrogens is 317 g/mol. The molecule has 96 valence electrons. The molecule has 0 saturated carbocycles. The zero-order valence-corrected chi connectivity index (χ0v) is 10.2. The predicted octanol–water partition coefficient (Wildman–Crippen LogP) is 2.94. The van der Waals surface area contributed by atoms with Crippen molar-refractivity contribution in [3.05, 3.63) is 24.0 Å². The van der Waals surface area contributed by atoms with Crippen LogP contribution in [0.15, 0.2) is 18.2 Å². The third-order valence-electron chi connectivity index (χ3n) is 2.25. The van der Waals surface area contributed by atoms with E-state index in [-0.39, 0.29) is 10.9 Å². The van der Waals surface area contributed by atoms with Crippen molar-refractivity contribution in [1.29, 1.82) is 0 Å². The molecule has 8 heteroatoms. The topological polar surface area (TPSA) is 65.1 Å². The molecule has 0 atom stereocenters. The van der Waals surface area contributed by atoms with Gasteiger partial charge in [-0.15, -0.1) is 0 Å². The molecule has 3 N–H and O–H groups in total. The lowest BCUT2D eigenvalue weighted by molar-refractivity contribution is -0.128. The van der Waals surface area contributed by atoms with Crippen LogP contribution in [0.4, 0.5) is 18.9 Å². The molecule has 0 aliphatic carbocycles. The van der Waals surface area contributed by atoms with Gasteiger partial charge in [0.2, 0.25) is 5.88 Å². The van der Waals surface area contributed by atoms with Crippen LogP contribution in [0.2, 0.25) is 0 Å². The van der Waals surface area contributed by atoms with Crippen LogP contribution < -0.4 is 5.32 Å². The Kier molecular flexibility index (Phi) is 2.97. The minimum Gasteiger partial charge on any atom is -0.493 e. The Balaban J connectivity index is 2.51. The van der Waals surface area contributed by atoms with Crippen LogP contribution in [0.5, 0.6) is 5.88 Å². The molecule has 4 nitrogen and oxygen atoms in total. The standard InChI is InChI=1S/C10H6BrF3N2O2/c11-10(13,14)9(18)16-7-6-4(12)2-1-3-5(6)15-8(7)17/h1-3,15,17H,(H,16,18). The average Bonchev–Trinajstić information content (AvgIpc) is 2.55. The first kappa shape index (κ1) is 12.7. The summed E-state index contributed by atoms with van der Waals surface area (Å²) >= 11 is 1.87. The SMILES string of the molecule is O=C(Nc1c(O)[nH]c2cccc(F)c12)C(F)(F)Br. The molecule has 2 rings (SSSR count). The average molecular weight is 323 g/mol. The summed E-state index contributed by atoms with van der Waals surface area (Å²) in [4.78, 5) is 9.64. The van der Waals surface area contributed by atoms with Gasteiger partial charge in [-0.2, -0.15) is 8.78 Å². The van der Waals surface area contributed by atoms with Gasteiger partial charge in [-0.3, -0.25) is 4.79 Å². The fraction of sp³-hybridized carbons (Fsp3) is 0.100. The lowest BCUT2D eigenvalue weighted by Gasteiger charge is -2.08. The number of anilines is 1. The minimum absolute atomic E-state index is 0.167. The smallest absolute Gasteiger partial charge is 0.378 e. The van der Waals surface area contributed by atoms with E-state index in [0.29, 0.717) is 0 Å². The van der Waals surface area contributed by atoms with Gasteiger partial charge in [0.25, 0.3) is 0 Å². The van der Waals surface area contributed by atoms with Crippen LogP contribution in [0, 0.1) is 5.82 Å². The van der Waals surface area contributed by atoms with E-state index in [0.717, 1.165) is 6.07 Å². The number of aromatic nitrogens is 1. The first-order valence-corrected chi connectivity index (χ1v) is 5.47. The zero-order valence-electron chi connectivity index (χ0n) is 8.60. The fourth-order valence-corrected chi connectivity index (χ4v) is 1.60. The van der Waals surface area contributed by atoms with Crippen molar-refractivity contribution < 1.29 is 23.1 Å². The second-order valence-corrected chi connectivity index (χ2v) is 4.46. The molecule has 0 saturated heterocycles.